The number of fused-ring (bicyclic) bond motifs is 1. The summed E-state index contributed by atoms with van der Waals surface area (Å²) < 4.78 is 1.30. The number of rotatable bonds is 2. The van der Waals surface area contributed by atoms with Gasteiger partial charge in [-0.25, -0.2) is 4.98 Å². The summed E-state index contributed by atoms with van der Waals surface area (Å²) in [6.45, 7) is 2.10. The van der Waals surface area contributed by atoms with Crippen LogP contribution in [0, 0.1) is 6.92 Å². The zero-order chi connectivity index (χ0) is 11.7. The summed E-state index contributed by atoms with van der Waals surface area (Å²) in [5, 5.41) is 4.46. The van der Waals surface area contributed by atoms with E-state index >= 15 is 0 Å². The Morgan fingerprint density at radius 2 is 1.88 bits per heavy atom. The number of pyridine rings is 1. The Morgan fingerprint density at radius 3 is 2.71 bits per heavy atom. The maximum Gasteiger partial charge on any atom is 0.109 e. The number of nitrogens with zero attached hydrogens (tertiary/aromatic N) is 1. The lowest BCUT2D eigenvalue weighted by Crippen LogP contribution is -1.80. The van der Waals surface area contributed by atoms with Gasteiger partial charge in [-0.05, 0) is 36.6 Å². The van der Waals surface area contributed by atoms with Gasteiger partial charge in [0.05, 0.1) is 0 Å². The van der Waals surface area contributed by atoms with Crippen molar-refractivity contribution in [2.45, 2.75) is 16.8 Å². The molecule has 0 atom stereocenters. The average molecular weight is 257 g/mol. The molecule has 3 aromatic rings. The Kier molecular flexibility index (Phi) is 2.87. The lowest BCUT2D eigenvalue weighted by atomic mass is 10.2. The van der Waals surface area contributed by atoms with Crippen LogP contribution in [-0.2, 0) is 0 Å². The molecule has 3 heteroatoms. The summed E-state index contributed by atoms with van der Waals surface area (Å²) in [6.07, 6.45) is 1.88. The van der Waals surface area contributed by atoms with E-state index in [0.29, 0.717) is 0 Å². The molecule has 0 saturated carbocycles. The zero-order valence-corrected chi connectivity index (χ0v) is 11.0. The maximum absolute atomic E-state index is 4.47. The van der Waals surface area contributed by atoms with Crippen LogP contribution in [0.5, 0.6) is 0 Å². The molecule has 0 aliphatic rings. The fourth-order valence-corrected chi connectivity index (χ4v) is 3.41. The van der Waals surface area contributed by atoms with E-state index in [1.54, 1.807) is 23.1 Å². The van der Waals surface area contributed by atoms with Gasteiger partial charge in [-0.15, -0.1) is 11.3 Å². The highest BCUT2D eigenvalue weighted by atomic mass is 32.2. The molecule has 1 nitrogen and oxygen atoms in total. The van der Waals surface area contributed by atoms with E-state index in [-0.39, 0.29) is 0 Å². The van der Waals surface area contributed by atoms with Crippen molar-refractivity contribution >= 4 is 33.2 Å². The predicted octanol–water partition coefficient (Wildman–Crippen LogP) is 4.76. The van der Waals surface area contributed by atoms with Gasteiger partial charge in [0.15, 0.2) is 0 Å². The number of benzene rings is 1. The molecule has 0 radical (unpaired) electrons. The summed E-state index contributed by atoms with van der Waals surface area (Å²) >= 11 is 3.49. The van der Waals surface area contributed by atoms with Gasteiger partial charge in [0.2, 0.25) is 0 Å². The molecule has 0 spiro atoms. The lowest BCUT2D eigenvalue weighted by molar-refractivity contribution is 1.18. The molecular weight excluding hydrogens is 246 g/mol. The van der Waals surface area contributed by atoms with Gasteiger partial charge < -0.3 is 0 Å². The third-order valence-electron chi connectivity index (χ3n) is 2.58. The van der Waals surface area contributed by atoms with Crippen molar-refractivity contribution in [1.29, 1.82) is 0 Å². The molecular formula is C14H11NS2. The molecule has 0 N–H and O–H groups in total. The Hall–Kier alpha value is -1.32. The fourth-order valence-electron chi connectivity index (χ4n) is 1.67. The molecule has 0 aliphatic heterocycles. The minimum atomic E-state index is 1.09. The number of hydrogen-bond acceptors (Lipinski definition) is 3. The van der Waals surface area contributed by atoms with Crippen molar-refractivity contribution in [3.63, 3.8) is 0 Å². The first-order valence-electron chi connectivity index (χ1n) is 5.40. The topological polar surface area (TPSA) is 12.9 Å². The number of aromatic nitrogens is 1. The molecule has 0 unspecified atom stereocenters. The highest BCUT2D eigenvalue weighted by Crippen LogP contribution is 2.33. The molecule has 84 valence electrons. The van der Waals surface area contributed by atoms with E-state index in [1.165, 1.54) is 20.5 Å². The van der Waals surface area contributed by atoms with Gasteiger partial charge in [-0.1, -0.05) is 29.5 Å². The molecule has 1 aromatic carbocycles. The van der Waals surface area contributed by atoms with Crippen LogP contribution in [0.25, 0.3) is 10.1 Å². The Morgan fingerprint density at radius 1 is 1.06 bits per heavy atom. The normalized spacial score (nSPS) is 10.9. The van der Waals surface area contributed by atoms with Gasteiger partial charge in [-0.3, -0.25) is 0 Å². The third-order valence-corrected chi connectivity index (χ3v) is 4.49. The SMILES string of the molecule is Cc1ccc(Sc2nccc3sccc23)cc1. The molecule has 0 aliphatic carbocycles. The summed E-state index contributed by atoms with van der Waals surface area (Å²) in [6, 6.07) is 12.8. The highest BCUT2D eigenvalue weighted by molar-refractivity contribution is 7.99. The second-order valence-corrected chi connectivity index (χ2v) is 5.87. The summed E-state index contributed by atoms with van der Waals surface area (Å²) in [5.74, 6) is 0. The van der Waals surface area contributed by atoms with E-state index in [4.69, 9.17) is 0 Å². The second kappa shape index (κ2) is 4.51. The highest BCUT2D eigenvalue weighted by Gasteiger charge is 2.05. The van der Waals surface area contributed by atoms with Gasteiger partial charge in [0, 0.05) is 21.2 Å². The molecule has 17 heavy (non-hydrogen) atoms. The van der Waals surface area contributed by atoms with E-state index in [1.807, 2.05) is 6.20 Å². The number of hydrogen-bond donors (Lipinski definition) is 0. The van der Waals surface area contributed by atoms with Crippen molar-refractivity contribution < 1.29 is 0 Å². The van der Waals surface area contributed by atoms with Crippen LogP contribution in [0.2, 0.25) is 0 Å². The summed E-state index contributed by atoms with van der Waals surface area (Å²) in [4.78, 5) is 5.70. The first-order valence-corrected chi connectivity index (χ1v) is 7.09. The van der Waals surface area contributed by atoms with Crippen molar-refractivity contribution in [3.05, 3.63) is 53.5 Å². The zero-order valence-electron chi connectivity index (χ0n) is 9.38. The van der Waals surface area contributed by atoms with Crippen LogP contribution < -0.4 is 0 Å². The number of thiophene rings is 1. The Labute approximate surface area is 109 Å². The Balaban J connectivity index is 1.99. The van der Waals surface area contributed by atoms with E-state index in [2.05, 4.69) is 53.7 Å². The van der Waals surface area contributed by atoms with Crippen LogP contribution in [0.1, 0.15) is 5.56 Å². The smallest absolute Gasteiger partial charge is 0.109 e. The van der Waals surface area contributed by atoms with Crippen molar-refractivity contribution in [2.75, 3.05) is 0 Å². The monoisotopic (exact) mass is 257 g/mol. The number of aryl methyl sites for hydroxylation is 1. The van der Waals surface area contributed by atoms with E-state index in [9.17, 15) is 0 Å². The van der Waals surface area contributed by atoms with Gasteiger partial charge in [-0.2, -0.15) is 0 Å². The summed E-state index contributed by atoms with van der Waals surface area (Å²) in [5.41, 5.74) is 1.29. The van der Waals surface area contributed by atoms with E-state index in [0.717, 1.165) is 5.03 Å². The van der Waals surface area contributed by atoms with Crippen LogP contribution >= 0.6 is 23.1 Å². The Bertz CT molecular complexity index is 641. The van der Waals surface area contributed by atoms with Crippen LogP contribution in [-0.4, -0.2) is 4.98 Å². The van der Waals surface area contributed by atoms with Crippen LogP contribution in [0.4, 0.5) is 0 Å². The maximum atomic E-state index is 4.47. The molecule has 3 rings (SSSR count). The molecule has 0 amide bonds. The van der Waals surface area contributed by atoms with Gasteiger partial charge in [0.1, 0.15) is 5.03 Å². The second-order valence-electron chi connectivity index (χ2n) is 3.86. The minimum Gasteiger partial charge on any atom is -0.249 e. The first-order chi connectivity index (χ1) is 8.33. The fraction of sp³-hybridized carbons (Fsp3) is 0.0714. The summed E-state index contributed by atoms with van der Waals surface area (Å²) in [7, 11) is 0. The van der Waals surface area contributed by atoms with Crippen LogP contribution in [0.3, 0.4) is 0 Å². The predicted molar refractivity (Wildman–Crippen MR) is 74.9 cm³/mol. The quantitative estimate of drug-likeness (QED) is 0.656. The minimum absolute atomic E-state index is 1.09. The lowest BCUT2D eigenvalue weighted by Gasteiger charge is -2.02. The molecule has 0 bridgehead atoms. The third kappa shape index (κ3) is 2.21. The van der Waals surface area contributed by atoms with Gasteiger partial charge in [0.25, 0.3) is 0 Å². The molecule has 2 aromatic heterocycles. The first kappa shape index (κ1) is 10.8. The van der Waals surface area contributed by atoms with Crippen LogP contribution in [0.15, 0.2) is 57.9 Å². The standard InChI is InChI=1S/C14H11NS2/c1-10-2-4-11(5-3-10)17-14-12-7-9-16-13(12)6-8-15-14/h2-9H,1H3. The van der Waals surface area contributed by atoms with Crippen molar-refractivity contribution in [1.82, 2.24) is 4.98 Å². The molecule has 0 saturated heterocycles. The average Bonchev–Trinajstić information content (AvgIpc) is 2.81. The van der Waals surface area contributed by atoms with Gasteiger partial charge >= 0.3 is 0 Å². The van der Waals surface area contributed by atoms with E-state index < -0.39 is 0 Å². The van der Waals surface area contributed by atoms with Crippen molar-refractivity contribution in [3.8, 4) is 0 Å². The molecule has 0 fully saturated rings. The molecule has 2 heterocycles. The largest absolute Gasteiger partial charge is 0.249 e. The van der Waals surface area contributed by atoms with Crippen molar-refractivity contribution in [2.24, 2.45) is 0 Å².